The molecule has 14 heteroatoms. The van der Waals surface area contributed by atoms with Crippen molar-refractivity contribution in [2.75, 3.05) is 46.6 Å². The fourth-order valence-corrected chi connectivity index (χ4v) is 3.38. The van der Waals surface area contributed by atoms with Gasteiger partial charge in [-0.1, -0.05) is 0 Å². The summed E-state index contributed by atoms with van der Waals surface area (Å²) in [6.45, 7) is -0.0399. The highest BCUT2D eigenvalue weighted by molar-refractivity contribution is 5.38. The average molecular weight is 471 g/mol. The van der Waals surface area contributed by atoms with Crippen LogP contribution in [0.5, 0.6) is 0 Å². The van der Waals surface area contributed by atoms with Crippen LogP contribution in [-0.4, -0.2) is 145 Å². The molecule has 0 aromatic heterocycles. The molecular weight excluding hydrogens is 438 g/mol. The second kappa shape index (κ2) is 13.6. The van der Waals surface area contributed by atoms with Crippen LogP contribution in [0.25, 0.3) is 0 Å². The molecule has 1 unspecified atom stereocenters. The van der Waals surface area contributed by atoms with Gasteiger partial charge in [-0.15, -0.1) is 0 Å². The fraction of sp³-hybridized carbons (Fsp3) is 0.944. The van der Waals surface area contributed by atoms with E-state index in [0.717, 1.165) is 0 Å². The van der Waals surface area contributed by atoms with Crippen LogP contribution in [-0.2, 0) is 33.2 Å². The van der Waals surface area contributed by atoms with E-state index in [0.29, 0.717) is 13.2 Å². The number of likely N-dealkylation sites (N-methyl/N-ethyl adjacent to an activating group) is 1. The Balaban J connectivity index is 2.09. The number of nitrogens with one attached hydrogen (secondary N) is 1. The normalized spacial score (nSPS) is 40.2. The predicted molar refractivity (Wildman–Crippen MR) is 102 cm³/mol. The molecule has 0 spiro atoms. The zero-order valence-electron chi connectivity index (χ0n) is 17.6. The van der Waals surface area contributed by atoms with Gasteiger partial charge in [0.15, 0.2) is 18.7 Å². The van der Waals surface area contributed by atoms with E-state index in [9.17, 15) is 35.4 Å². The van der Waals surface area contributed by atoms with Gasteiger partial charge in [-0.2, -0.15) is 0 Å². The Bertz CT molecular complexity index is 543. The van der Waals surface area contributed by atoms with Crippen molar-refractivity contribution in [2.24, 2.45) is 0 Å². The third-order valence-corrected chi connectivity index (χ3v) is 5.16. The lowest BCUT2D eigenvalue weighted by Gasteiger charge is -2.46. The monoisotopic (exact) mass is 471 g/mol. The van der Waals surface area contributed by atoms with E-state index in [2.05, 4.69) is 5.32 Å². The molecule has 2 rings (SSSR count). The average Bonchev–Trinajstić information content (AvgIpc) is 2.79. The standard InChI is InChI=1S/C18H33NO13/c1-19-2-3-27-4-5-28-18-16(13(25)11(23)9(6-20)31-18)32-17-14(26)15(29-8-22)12(24)10(7-21)30-17/h8-21,23-26H,2-7H2,1H3/t9-,10+,11+,12+,13-,14-,15-,16-,17+,18?/m0/s1. The molecule has 0 aromatic rings. The predicted octanol–water partition coefficient (Wildman–Crippen LogP) is -4.96. The Labute approximate surface area is 184 Å². The molecule has 0 bridgehead atoms. The van der Waals surface area contributed by atoms with E-state index >= 15 is 0 Å². The number of hydrogen-bond donors (Lipinski definition) is 7. The lowest BCUT2D eigenvalue weighted by atomic mass is 9.97. The lowest BCUT2D eigenvalue weighted by Crippen LogP contribution is -2.65. The molecule has 2 fully saturated rings. The van der Waals surface area contributed by atoms with Crippen molar-refractivity contribution in [3.05, 3.63) is 0 Å². The molecule has 32 heavy (non-hydrogen) atoms. The molecular formula is C18H33NO13. The molecule has 0 aromatic carbocycles. The fourth-order valence-electron chi connectivity index (χ4n) is 3.38. The van der Waals surface area contributed by atoms with E-state index in [-0.39, 0.29) is 19.7 Å². The van der Waals surface area contributed by atoms with Crippen LogP contribution in [0.15, 0.2) is 0 Å². The van der Waals surface area contributed by atoms with Crippen LogP contribution in [0, 0.1) is 0 Å². The van der Waals surface area contributed by atoms with Crippen molar-refractivity contribution in [1.29, 1.82) is 0 Å². The minimum absolute atomic E-state index is 0.0120. The Kier molecular flexibility index (Phi) is 11.6. The van der Waals surface area contributed by atoms with E-state index in [1.165, 1.54) is 0 Å². The maximum atomic E-state index is 10.7. The molecule has 2 aliphatic heterocycles. The second-order valence-electron chi connectivity index (χ2n) is 7.30. The number of aliphatic hydroxyl groups excluding tert-OH is 6. The van der Waals surface area contributed by atoms with Crippen LogP contribution in [0.2, 0.25) is 0 Å². The molecule has 14 nitrogen and oxygen atoms in total. The molecule has 188 valence electrons. The summed E-state index contributed by atoms with van der Waals surface area (Å²) in [5.74, 6) is 0. The van der Waals surface area contributed by atoms with Gasteiger partial charge in [0.05, 0.1) is 33.0 Å². The summed E-state index contributed by atoms with van der Waals surface area (Å²) in [6.07, 6.45) is -14.7. The van der Waals surface area contributed by atoms with E-state index in [1.54, 1.807) is 7.05 Å². The van der Waals surface area contributed by atoms with Gasteiger partial charge in [0.1, 0.15) is 42.7 Å². The first-order valence-electron chi connectivity index (χ1n) is 10.2. The van der Waals surface area contributed by atoms with Gasteiger partial charge in [-0.3, -0.25) is 4.79 Å². The number of aliphatic hydroxyl groups is 6. The van der Waals surface area contributed by atoms with E-state index < -0.39 is 74.6 Å². The topological polar surface area (TPSA) is 206 Å². The van der Waals surface area contributed by atoms with Crippen LogP contribution in [0.1, 0.15) is 0 Å². The number of carbonyl (C=O) groups excluding carboxylic acids is 1. The summed E-state index contributed by atoms with van der Waals surface area (Å²) in [5.41, 5.74) is 0. The number of ether oxygens (including phenoxy) is 6. The third kappa shape index (κ3) is 6.75. The van der Waals surface area contributed by atoms with Crippen LogP contribution >= 0.6 is 0 Å². The highest BCUT2D eigenvalue weighted by Crippen LogP contribution is 2.30. The van der Waals surface area contributed by atoms with E-state index in [4.69, 9.17) is 28.4 Å². The van der Waals surface area contributed by atoms with Crippen LogP contribution in [0.3, 0.4) is 0 Å². The Morgan fingerprint density at radius 2 is 1.50 bits per heavy atom. The smallest absolute Gasteiger partial charge is 0.293 e. The van der Waals surface area contributed by atoms with Gasteiger partial charge in [0, 0.05) is 6.54 Å². The van der Waals surface area contributed by atoms with Crippen LogP contribution < -0.4 is 5.32 Å². The van der Waals surface area contributed by atoms with Crippen molar-refractivity contribution in [2.45, 2.75) is 61.4 Å². The maximum absolute atomic E-state index is 10.7. The van der Waals surface area contributed by atoms with Crippen molar-refractivity contribution < 1.29 is 63.9 Å². The van der Waals surface area contributed by atoms with Gasteiger partial charge < -0.3 is 64.4 Å². The second-order valence-corrected chi connectivity index (χ2v) is 7.30. The SMILES string of the molecule is CNCCOCCOC1O[C@@H](CO)[C@@H](O)[C@H](O)[C@@H]1O[C@H]1O[C@H](CO)[C@@H](O)[C@H](OC=O)[C@@H]1O. The van der Waals surface area contributed by atoms with E-state index in [1.807, 2.05) is 0 Å². The van der Waals surface area contributed by atoms with Gasteiger partial charge >= 0.3 is 0 Å². The van der Waals surface area contributed by atoms with Crippen molar-refractivity contribution in [3.8, 4) is 0 Å². The summed E-state index contributed by atoms with van der Waals surface area (Å²) >= 11 is 0. The highest BCUT2D eigenvalue weighted by Gasteiger charge is 2.51. The van der Waals surface area contributed by atoms with Gasteiger partial charge in [-0.05, 0) is 7.05 Å². The first-order valence-corrected chi connectivity index (χ1v) is 10.2. The Hall–Kier alpha value is -1.01. The first-order chi connectivity index (χ1) is 15.4. The van der Waals surface area contributed by atoms with Crippen molar-refractivity contribution >= 4 is 6.47 Å². The zero-order valence-corrected chi connectivity index (χ0v) is 17.6. The van der Waals surface area contributed by atoms with Crippen LogP contribution in [0.4, 0.5) is 0 Å². The molecule has 0 saturated carbocycles. The summed E-state index contributed by atoms with van der Waals surface area (Å²) in [6, 6.07) is 0. The molecule has 2 heterocycles. The molecule has 0 radical (unpaired) electrons. The number of hydrogen-bond acceptors (Lipinski definition) is 14. The summed E-state index contributed by atoms with van der Waals surface area (Å²) in [4.78, 5) is 10.7. The first kappa shape index (κ1) is 27.2. The Morgan fingerprint density at radius 3 is 2.12 bits per heavy atom. The van der Waals surface area contributed by atoms with Crippen molar-refractivity contribution in [3.63, 3.8) is 0 Å². The van der Waals surface area contributed by atoms with Gasteiger partial charge in [-0.25, -0.2) is 0 Å². The summed E-state index contributed by atoms with van der Waals surface area (Å²) < 4.78 is 32.0. The molecule has 7 N–H and O–H groups in total. The molecule has 10 atom stereocenters. The molecule has 0 amide bonds. The number of carbonyl (C=O) groups is 1. The third-order valence-electron chi connectivity index (χ3n) is 5.16. The quantitative estimate of drug-likeness (QED) is 0.0993. The minimum Gasteiger partial charge on any atom is -0.459 e. The molecule has 0 aliphatic carbocycles. The zero-order chi connectivity index (χ0) is 23.7. The minimum atomic E-state index is -1.71. The van der Waals surface area contributed by atoms with Gasteiger partial charge in [0.25, 0.3) is 6.47 Å². The lowest BCUT2D eigenvalue weighted by molar-refractivity contribution is -0.367. The molecule has 2 aliphatic rings. The van der Waals surface area contributed by atoms with Gasteiger partial charge in [0.2, 0.25) is 0 Å². The largest absolute Gasteiger partial charge is 0.459 e. The number of rotatable bonds is 13. The summed E-state index contributed by atoms with van der Waals surface area (Å²) in [7, 11) is 1.77. The Morgan fingerprint density at radius 1 is 0.844 bits per heavy atom. The maximum Gasteiger partial charge on any atom is 0.293 e. The van der Waals surface area contributed by atoms with Crippen molar-refractivity contribution in [1.82, 2.24) is 5.32 Å². The summed E-state index contributed by atoms with van der Waals surface area (Å²) in [5, 5.41) is 63.0. The highest BCUT2D eigenvalue weighted by atomic mass is 16.8. The molecule has 2 saturated heterocycles.